The van der Waals surface area contributed by atoms with E-state index in [1.54, 1.807) is 0 Å². The minimum atomic E-state index is -3.53. The lowest BCUT2D eigenvalue weighted by Gasteiger charge is -2.31. The molecular formula is C15H21Cl2N3O2S. The van der Waals surface area contributed by atoms with Crippen molar-refractivity contribution < 1.29 is 8.42 Å². The van der Waals surface area contributed by atoms with Gasteiger partial charge in [0.25, 0.3) is 0 Å². The first kappa shape index (κ1) is 20.2. The van der Waals surface area contributed by atoms with Gasteiger partial charge in [-0.15, -0.1) is 12.4 Å². The summed E-state index contributed by atoms with van der Waals surface area (Å²) >= 11 is 5.94. The molecule has 8 heteroatoms. The zero-order chi connectivity index (χ0) is 16.2. The molecule has 1 aromatic rings. The van der Waals surface area contributed by atoms with Gasteiger partial charge in [-0.1, -0.05) is 18.5 Å². The van der Waals surface area contributed by atoms with Gasteiger partial charge in [-0.3, -0.25) is 0 Å². The van der Waals surface area contributed by atoms with E-state index in [1.807, 2.05) is 6.07 Å². The fraction of sp³-hybridized carbons (Fsp3) is 0.533. The third-order valence-corrected chi connectivity index (χ3v) is 6.16. The topological polar surface area (TPSA) is 73.2 Å². The van der Waals surface area contributed by atoms with Crippen LogP contribution in [0.15, 0.2) is 23.1 Å². The van der Waals surface area contributed by atoms with Gasteiger partial charge in [-0.2, -0.15) is 9.57 Å². The molecule has 0 aromatic heterocycles. The Balaban J connectivity index is 0.00000264. The maximum atomic E-state index is 12.6. The summed E-state index contributed by atoms with van der Waals surface area (Å²) in [5.74, 6) is 0.524. The van der Waals surface area contributed by atoms with Crippen molar-refractivity contribution in [2.45, 2.75) is 24.7 Å². The number of hydrogen-bond donors (Lipinski definition) is 1. The number of hydrogen-bond acceptors (Lipinski definition) is 4. The van der Waals surface area contributed by atoms with E-state index in [0.29, 0.717) is 19.0 Å². The number of piperidine rings is 1. The van der Waals surface area contributed by atoms with Crippen molar-refractivity contribution in [3.8, 4) is 6.07 Å². The molecule has 1 aliphatic heterocycles. The molecule has 128 valence electrons. The molecule has 0 saturated carbocycles. The summed E-state index contributed by atoms with van der Waals surface area (Å²) in [4.78, 5) is 0.154. The van der Waals surface area contributed by atoms with Gasteiger partial charge >= 0.3 is 0 Å². The second-order valence-electron chi connectivity index (χ2n) is 5.41. The molecule has 0 amide bonds. The summed E-state index contributed by atoms with van der Waals surface area (Å²) in [7, 11) is -3.53. The molecule has 1 N–H and O–H groups in total. The fourth-order valence-electron chi connectivity index (χ4n) is 2.60. The highest BCUT2D eigenvalue weighted by Gasteiger charge is 2.29. The molecule has 1 fully saturated rings. The van der Waals surface area contributed by atoms with E-state index in [0.717, 1.165) is 25.9 Å². The zero-order valence-corrected chi connectivity index (χ0v) is 15.3. The average Bonchev–Trinajstić information content (AvgIpc) is 2.53. The largest absolute Gasteiger partial charge is 0.317 e. The molecule has 1 aromatic carbocycles. The maximum absolute atomic E-state index is 12.6. The Morgan fingerprint density at radius 3 is 2.57 bits per heavy atom. The van der Waals surface area contributed by atoms with Crippen LogP contribution in [0, 0.1) is 17.2 Å². The number of nitrogens with zero attached hydrogens (tertiary/aromatic N) is 2. The summed E-state index contributed by atoms with van der Waals surface area (Å²) in [6.07, 6.45) is 1.71. The lowest BCUT2D eigenvalue weighted by Crippen LogP contribution is -2.40. The monoisotopic (exact) mass is 377 g/mol. The van der Waals surface area contributed by atoms with E-state index >= 15 is 0 Å². The Kier molecular flexibility index (Phi) is 7.78. The lowest BCUT2D eigenvalue weighted by molar-refractivity contribution is 0.268. The Labute approximate surface area is 149 Å². The molecular weight excluding hydrogens is 357 g/mol. The number of nitriles is 1. The normalized spacial score (nSPS) is 16.6. The molecule has 1 aliphatic rings. The van der Waals surface area contributed by atoms with Crippen LogP contribution in [-0.4, -0.2) is 38.9 Å². The number of sulfonamides is 1. The third kappa shape index (κ3) is 4.82. The highest BCUT2D eigenvalue weighted by Crippen LogP contribution is 2.26. The summed E-state index contributed by atoms with van der Waals surface area (Å²) in [6, 6.07) is 6.19. The van der Waals surface area contributed by atoms with Gasteiger partial charge in [-0.25, -0.2) is 8.42 Å². The van der Waals surface area contributed by atoms with Crippen molar-refractivity contribution in [2.75, 3.05) is 26.2 Å². The van der Waals surface area contributed by atoms with Gasteiger partial charge in [-0.05, 0) is 50.0 Å². The van der Waals surface area contributed by atoms with E-state index in [9.17, 15) is 8.42 Å². The van der Waals surface area contributed by atoms with Gasteiger partial charge in [0.05, 0.1) is 15.5 Å². The maximum Gasteiger partial charge on any atom is 0.243 e. The minimum Gasteiger partial charge on any atom is -0.317 e. The number of nitrogens with one attached hydrogen (secondary N) is 1. The molecule has 5 nitrogen and oxygen atoms in total. The van der Waals surface area contributed by atoms with Crippen molar-refractivity contribution >= 4 is 34.0 Å². The van der Waals surface area contributed by atoms with Crippen molar-refractivity contribution in [1.29, 1.82) is 5.26 Å². The van der Waals surface area contributed by atoms with Crippen LogP contribution in [0.2, 0.25) is 5.02 Å². The molecule has 2 rings (SSSR count). The first-order valence-corrected chi connectivity index (χ1v) is 9.21. The molecule has 23 heavy (non-hydrogen) atoms. The molecule has 1 saturated heterocycles. The van der Waals surface area contributed by atoms with Gasteiger partial charge in [0.1, 0.15) is 6.07 Å². The first-order chi connectivity index (χ1) is 10.5. The predicted octanol–water partition coefficient (Wildman–Crippen LogP) is 2.64. The second-order valence-corrected chi connectivity index (χ2v) is 7.75. The average molecular weight is 378 g/mol. The number of rotatable bonds is 5. The summed E-state index contributed by atoms with van der Waals surface area (Å²) in [5, 5.41) is 12.3. The molecule has 0 atom stereocenters. The minimum absolute atomic E-state index is 0. The van der Waals surface area contributed by atoms with Gasteiger partial charge in [0.2, 0.25) is 10.0 Å². The predicted molar refractivity (Wildman–Crippen MR) is 93.4 cm³/mol. The molecule has 0 unspecified atom stereocenters. The van der Waals surface area contributed by atoms with Crippen molar-refractivity contribution in [2.24, 2.45) is 5.92 Å². The third-order valence-electron chi connectivity index (χ3n) is 3.96. The highest BCUT2D eigenvalue weighted by atomic mass is 35.5. The van der Waals surface area contributed by atoms with E-state index in [4.69, 9.17) is 16.9 Å². The molecule has 1 heterocycles. The van der Waals surface area contributed by atoms with Gasteiger partial charge in [0, 0.05) is 13.1 Å². The van der Waals surface area contributed by atoms with Gasteiger partial charge in [0.15, 0.2) is 0 Å². The Morgan fingerprint density at radius 2 is 2.04 bits per heavy atom. The summed E-state index contributed by atoms with van der Waals surface area (Å²) in [6.45, 7) is 4.98. The fourth-order valence-corrected chi connectivity index (χ4v) is 4.38. The molecule has 0 bridgehead atoms. The Morgan fingerprint density at radius 1 is 1.39 bits per heavy atom. The van der Waals surface area contributed by atoms with E-state index in [1.165, 1.54) is 22.5 Å². The zero-order valence-electron chi connectivity index (χ0n) is 13.0. The Bertz CT molecular complexity index is 666. The SMILES string of the molecule is CCNCC1CCN(S(=O)(=O)c2ccc(C#N)c(Cl)c2)CC1.Cl. The summed E-state index contributed by atoms with van der Waals surface area (Å²) < 4.78 is 26.8. The van der Waals surface area contributed by atoms with Crippen LogP contribution in [0.5, 0.6) is 0 Å². The van der Waals surface area contributed by atoms with Crippen molar-refractivity contribution in [3.63, 3.8) is 0 Å². The van der Waals surface area contributed by atoms with Crippen LogP contribution in [0.1, 0.15) is 25.3 Å². The number of benzene rings is 1. The quantitative estimate of drug-likeness (QED) is 0.855. The first-order valence-electron chi connectivity index (χ1n) is 7.39. The number of halogens is 2. The van der Waals surface area contributed by atoms with Crippen LogP contribution in [-0.2, 0) is 10.0 Å². The van der Waals surface area contributed by atoms with Crippen LogP contribution in [0.4, 0.5) is 0 Å². The second kappa shape index (κ2) is 8.86. The smallest absolute Gasteiger partial charge is 0.243 e. The van der Waals surface area contributed by atoms with E-state index in [2.05, 4.69) is 12.2 Å². The van der Waals surface area contributed by atoms with Crippen LogP contribution < -0.4 is 5.32 Å². The van der Waals surface area contributed by atoms with Gasteiger partial charge < -0.3 is 5.32 Å². The lowest BCUT2D eigenvalue weighted by atomic mass is 9.98. The van der Waals surface area contributed by atoms with Crippen molar-refractivity contribution in [3.05, 3.63) is 28.8 Å². The van der Waals surface area contributed by atoms with Crippen molar-refractivity contribution in [1.82, 2.24) is 9.62 Å². The Hall–Kier alpha value is -0.840. The van der Waals surface area contributed by atoms with Crippen LogP contribution >= 0.6 is 24.0 Å². The highest BCUT2D eigenvalue weighted by molar-refractivity contribution is 7.89. The van der Waals surface area contributed by atoms with E-state index < -0.39 is 10.0 Å². The van der Waals surface area contributed by atoms with Crippen LogP contribution in [0.3, 0.4) is 0 Å². The van der Waals surface area contributed by atoms with Crippen LogP contribution in [0.25, 0.3) is 0 Å². The summed E-state index contributed by atoms with van der Waals surface area (Å²) in [5.41, 5.74) is 0.282. The van der Waals surface area contributed by atoms with E-state index in [-0.39, 0.29) is 27.9 Å². The molecule has 0 spiro atoms. The molecule has 0 aliphatic carbocycles. The molecule has 0 radical (unpaired) electrons. The standard InChI is InChI=1S/C15H20ClN3O2S.ClH/c1-2-18-11-12-5-7-19(8-6-12)22(20,21)14-4-3-13(10-17)15(16)9-14;/h3-4,9,12,18H,2,5-8,11H2,1H3;1H.